The number of fused-ring (bicyclic) bond motifs is 5. The van der Waals surface area contributed by atoms with Crippen molar-refractivity contribution in [3.05, 3.63) is 59.2 Å². The van der Waals surface area contributed by atoms with Gasteiger partial charge in [0.15, 0.2) is 0 Å². The van der Waals surface area contributed by atoms with E-state index in [-0.39, 0.29) is 29.4 Å². The van der Waals surface area contributed by atoms with Gasteiger partial charge in [0.1, 0.15) is 22.6 Å². The number of hydrogen-bond acceptors (Lipinski definition) is 7. The summed E-state index contributed by atoms with van der Waals surface area (Å²) in [5, 5.41) is 0. The van der Waals surface area contributed by atoms with Gasteiger partial charge in [0, 0.05) is 39.5 Å². The molecule has 2 aromatic carbocycles. The second-order valence-electron chi connectivity index (χ2n) is 14.5. The normalized spacial score (nSPS) is 25.7. The van der Waals surface area contributed by atoms with Gasteiger partial charge in [-0.05, 0) is 122 Å². The molecule has 2 aromatic rings. The maximum Gasteiger partial charge on any atom is 0.308 e. The van der Waals surface area contributed by atoms with Gasteiger partial charge in [0.2, 0.25) is 0 Å². The molecule has 0 N–H and O–H groups in total. The summed E-state index contributed by atoms with van der Waals surface area (Å²) in [5.74, 6) is 2.66. The molecule has 7 nitrogen and oxygen atoms in total. The third-order valence-corrected chi connectivity index (χ3v) is 11.6. The minimum Gasteiger partial charge on any atom is -0.494 e. The number of carbonyl (C=O) groups excluding carboxylic acids is 2. The number of esters is 2. The van der Waals surface area contributed by atoms with Gasteiger partial charge in [-0.2, -0.15) is 0 Å². The molecule has 6 atom stereocenters. The van der Waals surface area contributed by atoms with Crippen LogP contribution >= 0.6 is 12.2 Å². The minimum atomic E-state index is -0.296. The van der Waals surface area contributed by atoms with Crippen molar-refractivity contribution in [1.82, 2.24) is 4.90 Å². The van der Waals surface area contributed by atoms with Crippen LogP contribution in [0.5, 0.6) is 11.5 Å². The molecule has 2 fully saturated rings. The zero-order valence-electron chi connectivity index (χ0n) is 29.6. The molecule has 3 unspecified atom stereocenters. The Morgan fingerprint density at radius 2 is 1.69 bits per heavy atom. The summed E-state index contributed by atoms with van der Waals surface area (Å²) in [6, 6.07) is 14.9. The molecule has 0 amide bonds. The highest BCUT2D eigenvalue weighted by Crippen LogP contribution is 2.65. The maximum atomic E-state index is 12.1. The molecule has 48 heavy (non-hydrogen) atoms. The number of thiocarbonyl (C=S) groups is 1. The van der Waals surface area contributed by atoms with E-state index in [9.17, 15) is 9.59 Å². The van der Waals surface area contributed by atoms with Crippen LogP contribution in [0.15, 0.2) is 42.5 Å². The van der Waals surface area contributed by atoms with E-state index in [1.165, 1.54) is 30.5 Å². The fraction of sp³-hybridized carbons (Fsp3) is 0.625. The van der Waals surface area contributed by atoms with Gasteiger partial charge < -0.3 is 23.8 Å². The van der Waals surface area contributed by atoms with Crippen LogP contribution in [0.2, 0.25) is 0 Å². The van der Waals surface area contributed by atoms with E-state index < -0.39 is 0 Å². The molecule has 0 radical (unpaired) electrons. The lowest BCUT2D eigenvalue weighted by atomic mass is 9.51. The summed E-state index contributed by atoms with van der Waals surface area (Å²) in [4.78, 5) is 26.8. The number of aryl methyl sites for hydroxylation is 1. The molecule has 0 saturated heterocycles. The number of nitrogens with zero attached hydrogens (tertiary/aromatic N) is 1. The predicted octanol–water partition coefficient (Wildman–Crippen LogP) is 8.42. The predicted molar refractivity (Wildman–Crippen MR) is 193 cm³/mol. The maximum absolute atomic E-state index is 12.1. The van der Waals surface area contributed by atoms with E-state index in [1.54, 1.807) is 0 Å². The zero-order valence-corrected chi connectivity index (χ0v) is 30.4. The number of carbonyl (C=O) groups is 2. The zero-order chi connectivity index (χ0) is 34.3. The molecule has 0 aliphatic heterocycles. The number of rotatable bonds is 15. The molecule has 0 aromatic heterocycles. The highest BCUT2D eigenvalue weighted by Gasteiger charge is 2.59. The first-order valence-electron chi connectivity index (χ1n) is 18.1. The standard InChI is InChI=1S/C40H55NO6S/c1-6-7-21-41(5)38(48)26-44-22-9-8-10-23-45-31-14-11-29(12-15-31)35-25-40(4)36(19-20-37(40)47-28(3)43)34-17-13-30-24-32(46-27(2)42)16-18-33(30)39(34)35/h11-12,14-16,18,24,34-37,39H,6-10,13,17,19-23,25-26H2,1-5H3/t34?,35-,36?,37+,39?,40+/m1/s1. The van der Waals surface area contributed by atoms with E-state index in [1.807, 2.05) is 13.1 Å². The summed E-state index contributed by atoms with van der Waals surface area (Å²) in [5.41, 5.74) is 3.89. The van der Waals surface area contributed by atoms with E-state index in [4.69, 9.17) is 31.2 Å². The Morgan fingerprint density at radius 1 is 0.938 bits per heavy atom. The molecule has 0 heterocycles. The topological polar surface area (TPSA) is 74.3 Å². The van der Waals surface area contributed by atoms with Crippen molar-refractivity contribution >= 4 is 29.1 Å². The van der Waals surface area contributed by atoms with Crippen LogP contribution in [-0.4, -0.2) is 61.3 Å². The van der Waals surface area contributed by atoms with Crippen LogP contribution in [0, 0.1) is 17.3 Å². The lowest BCUT2D eigenvalue weighted by Crippen LogP contribution is -2.48. The SMILES string of the molecule is CCCCN(C)C(=S)COCCCCCOc1ccc([C@H]2C[C@@]3(C)C(CC[C@@H]3OC(C)=O)C3CCc4cc(OC(C)=O)ccc4C32)cc1. The third kappa shape index (κ3) is 8.60. The molecule has 5 rings (SSSR count). The fourth-order valence-corrected chi connectivity index (χ4v) is 9.04. The Morgan fingerprint density at radius 3 is 2.42 bits per heavy atom. The lowest BCUT2D eigenvalue weighted by molar-refractivity contribution is -0.155. The second kappa shape index (κ2) is 16.6. The molecular formula is C40H55NO6S. The number of hydrogen-bond donors (Lipinski definition) is 0. The second-order valence-corrected chi connectivity index (χ2v) is 15.0. The molecule has 262 valence electrons. The smallest absolute Gasteiger partial charge is 0.308 e. The van der Waals surface area contributed by atoms with Crippen LogP contribution < -0.4 is 9.47 Å². The monoisotopic (exact) mass is 677 g/mol. The van der Waals surface area contributed by atoms with E-state index in [2.05, 4.69) is 55.1 Å². The van der Waals surface area contributed by atoms with Gasteiger partial charge in [-0.25, -0.2) is 0 Å². The molecule has 3 aliphatic rings. The number of benzene rings is 2. The number of unbranched alkanes of at least 4 members (excludes halogenated alkanes) is 3. The van der Waals surface area contributed by atoms with E-state index in [0.717, 1.165) is 81.5 Å². The molecule has 3 aliphatic carbocycles. The van der Waals surface area contributed by atoms with Crippen molar-refractivity contribution in [3.8, 4) is 11.5 Å². The van der Waals surface area contributed by atoms with Crippen LogP contribution in [0.1, 0.15) is 114 Å². The quantitative estimate of drug-likeness (QED) is 0.0805. The first-order chi connectivity index (χ1) is 23.1. The fourth-order valence-electron chi connectivity index (χ4n) is 8.86. The van der Waals surface area contributed by atoms with Crippen LogP contribution in [0.4, 0.5) is 0 Å². The highest BCUT2D eigenvalue weighted by molar-refractivity contribution is 7.80. The van der Waals surface area contributed by atoms with Gasteiger partial charge in [-0.1, -0.05) is 50.7 Å². The highest BCUT2D eigenvalue weighted by atomic mass is 32.1. The van der Waals surface area contributed by atoms with Gasteiger partial charge >= 0.3 is 11.9 Å². The number of ether oxygens (including phenoxy) is 4. The van der Waals surface area contributed by atoms with E-state index >= 15 is 0 Å². The van der Waals surface area contributed by atoms with Crippen LogP contribution in [0.25, 0.3) is 0 Å². The molecule has 8 heteroatoms. The summed E-state index contributed by atoms with van der Waals surface area (Å²) in [6.45, 7) is 10.4. The Balaban J connectivity index is 1.21. The first kappa shape index (κ1) is 36.3. The van der Waals surface area contributed by atoms with Crippen molar-refractivity contribution in [2.24, 2.45) is 17.3 Å². The van der Waals surface area contributed by atoms with Crippen LogP contribution in [0.3, 0.4) is 0 Å². The van der Waals surface area contributed by atoms with Gasteiger partial charge in [-0.15, -0.1) is 0 Å². The van der Waals surface area contributed by atoms with Crippen LogP contribution in [-0.2, 0) is 25.5 Å². The van der Waals surface area contributed by atoms with E-state index in [0.29, 0.717) is 43.3 Å². The van der Waals surface area contributed by atoms with Gasteiger partial charge in [-0.3, -0.25) is 9.59 Å². The Hall–Kier alpha value is -2.97. The summed E-state index contributed by atoms with van der Waals surface area (Å²) in [7, 11) is 2.04. The van der Waals surface area contributed by atoms with Crippen molar-refractivity contribution in [1.29, 1.82) is 0 Å². The Labute approximate surface area is 293 Å². The number of likely N-dealkylation sites (N-methyl/N-ethyl adjacent to an activating group) is 1. The minimum absolute atomic E-state index is 0.0482. The first-order valence-corrected chi connectivity index (χ1v) is 18.5. The Kier molecular flexibility index (Phi) is 12.6. The third-order valence-electron chi connectivity index (χ3n) is 11.2. The van der Waals surface area contributed by atoms with Gasteiger partial charge in [0.25, 0.3) is 0 Å². The molecule has 2 saturated carbocycles. The summed E-state index contributed by atoms with van der Waals surface area (Å²) < 4.78 is 23.4. The molecule has 0 spiro atoms. The largest absolute Gasteiger partial charge is 0.494 e. The Bertz CT molecular complexity index is 1410. The molecule has 0 bridgehead atoms. The van der Waals surface area contributed by atoms with Crippen molar-refractivity contribution in [2.75, 3.05) is 33.4 Å². The summed E-state index contributed by atoms with van der Waals surface area (Å²) in [6.07, 6.45) is 10.3. The lowest BCUT2D eigenvalue weighted by Gasteiger charge is -2.54. The van der Waals surface area contributed by atoms with Crippen molar-refractivity contribution in [3.63, 3.8) is 0 Å². The van der Waals surface area contributed by atoms with Gasteiger partial charge in [0.05, 0.1) is 13.2 Å². The van der Waals surface area contributed by atoms with Crippen molar-refractivity contribution < 1.29 is 28.5 Å². The summed E-state index contributed by atoms with van der Waals surface area (Å²) >= 11 is 5.47. The average Bonchev–Trinajstić information content (AvgIpc) is 3.38. The van der Waals surface area contributed by atoms with Crippen molar-refractivity contribution in [2.45, 2.75) is 110 Å². The average molecular weight is 678 g/mol. The molecular weight excluding hydrogens is 623 g/mol.